The number of carbonyl (C=O) groups excluding carboxylic acids is 3. The molecule has 4 rings (SSSR count). The number of amides is 4. The van der Waals surface area contributed by atoms with Crippen molar-refractivity contribution in [3.8, 4) is 0 Å². The number of piperidine rings is 2. The van der Waals surface area contributed by atoms with E-state index in [1.807, 2.05) is 35.2 Å². The third-order valence-corrected chi connectivity index (χ3v) is 7.75. The highest BCUT2D eigenvalue weighted by Gasteiger charge is 2.39. The molecule has 1 N–H and O–H groups in total. The first-order valence-electron chi connectivity index (χ1n) is 13.2. The van der Waals surface area contributed by atoms with E-state index in [9.17, 15) is 14.4 Å². The molecule has 0 bridgehead atoms. The van der Waals surface area contributed by atoms with Crippen LogP contribution in [0.4, 0.5) is 4.79 Å². The summed E-state index contributed by atoms with van der Waals surface area (Å²) >= 11 is 0. The van der Waals surface area contributed by atoms with E-state index in [0.717, 1.165) is 18.5 Å². The first-order valence-corrected chi connectivity index (χ1v) is 13.2. The van der Waals surface area contributed by atoms with Gasteiger partial charge in [0.05, 0.1) is 6.54 Å². The Kier molecular flexibility index (Phi) is 9.15. The third-order valence-electron chi connectivity index (χ3n) is 7.75. The van der Waals surface area contributed by atoms with Gasteiger partial charge in [0.15, 0.2) is 0 Å². The fourth-order valence-electron chi connectivity index (χ4n) is 5.90. The summed E-state index contributed by atoms with van der Waals surface area (Å²) in [7, 11) is 1.68. The fourth-order valence-corrected chi connectivity index (χ4v) is 5.90. The minimum atomic E-state index is -0.639. The Morgan fingerprint density at radius 1 is 1.11 bits per heavy atom. The molecule has 0 saturated carbocycles. The molecule has 35 heavy (non-hydrogen) atoms. The van der Waals surface area contributed by atoms with Crippen molar-refractivity contribution < 1.29 is 19.1 Å². The van der Waals surface area contributed by atoms with Gasteiger partial charge in [-0.05, 0) is 63.1 Å². The van der Waals surface area contributed by atoms with Crippen LogP contribution in [0.5, 0.6) is 0 Å². The minimum absolute atomic E-state index is 0.0672. The van der Waals surface area contributed by atoms with Crippen molar-refractivity contribution in [2.75, 3.05) is 39.9 Å². The molecule has 4 amide bonds. The zero-order chi connectivity index (χ0) is 24.6. The number of benzene rings is 1. The number of nitrogens with one attached hydrogen (secondary N) is 1. The van der Waals surface area contributed by atoms with Crippen LogP contribution in [0, 0.1) is 5.92 Å². The second kappa shape index (κ2) is 12.5. The van der Waals surface area contributed by atoms with E-state index in [-0.39, 0.29) is 30.8 Å². The topological polar surface area (TPSA) is 82.2 Å². The van der Waals surface area contributed by atoms with Gasteiger partial charge in [0, 0.05) is 39.3 Å². The predicted molar refractivity (Wildman–Crippen MR) is 134 cm³/mol. The van der Waals surface area contributed by atoms with Gasteiger partial charge in [-0.3, -0.25) is 14.5 Å². The number of carbonyl (C=O) groups is 3. The number of imide groups is 1. The Morgan fingerprint density at radius 2 is 1.91 bits per heavy atom. The van der Waals surface area contributed by atoms with Crippen LogP contribution in [0.25, 0.3) is 0 Å². The zero-order valence-corrected chi connectivity index (χ0v) is 21.0. The van der Waals surface area contributed by atoms with Crippen LogP contribution < -0.4 is 5.32 Å². The molecule has 8 heteroatoms. The standard InChI is InChI=1S/C27H40N4O4/c1-35-18-8-17-30(20-22-11-7-16-29-15-6-5-12-24(22)29)25(32)14-13-23-26(33)31(27(34)28-23)19-21-9-3-2-4-10-21/h2-4,9-10,22-24H,5-8,11-20H2,1H3,(H,28,34)/t22-,23-,24-/m0/s1. The van der Waals surface area contributed by atoms with Gasteiger partial charge >= 0.3 is 6.03 Å². The fraction of sp³-hybridized carbons (Fsp3) is 0.667. The predicted octanol–water partition coefficient (Wildman–Crippen LogP) is 3.02. The Hall–Kier alpha value is -2.45. The molecule has 3 heterocycles. The maximum Gasteiger partial charge on any atom is 0.325 e. The highest BCUT2D eigenvalue weighted by Crippen LogP contribution is 2.31. The lowest BCUT2D eigenvalue weighted by Gasteiger charge is -2.45. The average Bonchev–Trinajstić information content (AvgIpc) is 3.15. The number of hydrogen-bond donors (Lipinski definition) is 1. The van der Waals surface area contributed by atoms with Crippen LogP contribution in [0.1, 0.15) is 56.9 Å². The molecule has 1 aromatic carbocycles. The lowest BCUT2D eigenvalue weighted by atomic mass is 9.83. The highest BCUT2D eigenvalue weighted by molar-refractivity contribution is 6.04. The summed E-state index contributed by atoms with van der Waals surface area (Å²) in [5.74, 6) is 0.324. The van der Waals surface area contributed by atoms with Crippen molar-refractivity contribution in [2.24, 2.45) is 5.92 Å². The lowest BCUT2D eigenvalue weighted by Crippen LogP contribution is -2.51. The number of ether oxygens (including phenoxy) is 1. The molecule has 0 spiro atoms. The third kappa shape index (κ3) is 6.61. The number of rotatable bonds is 11. The van der Waals surface area contributed by atoms with E-state index in [1.54, 1.807) is 7.11 Å². The number of methoxy groups -OCH3 is 1. The quantitative estimate of drug-likeness (QED) is 0.386. The van der Waals surface area contributed by atoms with Gasteiger partial charge in [0.1, 0.15) is 6.04 Å². The van der Waals surface area contributed by atoms with Crippen LogP contribution in [-0.4, -0.2) is 84.5 Å². The van der Waals surface area contributed by atoms with Crippen molar-refractivity contribution in [1.29, 1.82) is 0 Å². The Labute approximate surface area is 209 Å². The van der Waals surface area contributed by atoms with Crippen molar-refractivity contribution in [3.63, 3.8) is 0 Å². The summed E-state index contributed by atoms with van der Waals surface area (Å²) in [6.45, 7) is 4.67. The Morgan fingerprint density at radius 3 is 2.71 bits per heavy atom. The zero-order valence-electron chi connectivity index (χ0n) is 21.0. The van der Waals surface area contributed by atoms with E-state index in [2.05, 4.69) is 10.2 Å². The highest BCUT2D eigenvalue weighted by atomic mass is 16.5. The molecule has 0 radical (unpaired) electrons. The van der Waals surface area contributed by atoms with Crippen molar-refractivity contribution in [2.45, 2.75) is 70.0 Å². The van der Waals surface area contributed by atoms with E-state index >= 15 is 0 Å². The molecule has 3 fully saturated rings. The molecule has 3 aliphatic rings. The summed E-state index contributed by atoms with van der Waals surface area (Å²) in [5.41, 5.74) is 0.904. The molecule has 192 valence electrons. The summed E-state index contributed by atoms with van der Waals surface area (Å²) in [6, 6.07) is 9.04. The first kappa shape index (κ1) is 25.6. The van der Waals surface area contributed by atoms with Crippen LogP contribution in [0.2, 0.25) is 0 Å². The van der Waals surface area contributed by atoms with E-state index < -0.39 is 6.04 Å². The maximum absolute atomic E-state index is 13.3. The average molecular weight is 485 g/mol. The van der Waals surface area contributed by atoms with Crippen LogP contribution in [0.3, 0.4) is 0 Å². The largest absolute Gasteiger partial charge is 0.385 e. The van der Waals surface area contributed by atoms with E-state index in [1.165, 1.54) is 50.1 Å². The van der Waals surface area contributed by atoms with E-state index in [4.69, 9.17) is 4.74 Å². The van der Waals surface area contributed by atoms with Gasteiger partial charge < -0.3 is 19.9 Å². The molecule has 3 aliphatic heterocycles. The molecule has 0 aromatic heterocycles. The number of urea groups is 1. The Balaban J connectivity index is 1.33. The molecule has 1 aromatic rings. The number of hydrogen-bond acceptors (Lipinski definition) is 5. The smallest absolute Gasteiger partial charge is 0.325 e. The first-order chi connectivity index (χ1) is 17.1. The summed E-state index contributed by atoms with van der Waals surface area (Å²) in [4.78, 5) is 44.5. The van der Waals surface area contributed by atoms with Gasteiger partial charge in [-0.15, -0.1) is 0 Å². The molecule has 8 nitrogen and oxygen atoms in total. The second-order valence-electron chi connectivity index (χ2n) is 10.1. The molecule has 0 aliphatic carbocycles. The summed E-state index contributed by atoms with van der Waals surface area (Å²) < 4.78 is 5.23. The Bertz CT molecular complexity index is 862. The summed E-state index contributed by atoms with van der Waals surface area (Å²) in [6.07, 6.45) is 7.53. The maximum atomic E-state index is 13.3. The summed E-state index contributed by atoms with van der Waals surface area (Å²) in [5, 5.41) is 2.78. The molecular formula is C27H40N4O4. The van der Waals surface area contributed by atoms with Gasteiger partial charge in [0.25, 0.3) is 5.91 Å². The molecular weight excluding hydrogens is 444 g/mol. The van der Waals surface area contributed by atoms with Crippen LogP contribution in [0.15, 0.2) is 30.3 Å². The monoisotopic (exact) mass is 484 g/mol. The minimum Gasteiger partial charge on any atom is -0.385 e. The number of nitrogens with zero attached hydrogens (tertiary/aromatic N) is 3. The van der Waals surface area contributed by atoms with Gasteiger partial charge in [0.2, 0.25) is 5.91 Å². The second-order valence-corrected chi connectivity index (χ2v) is 10.1. The SMILES string of the molecule is COCCCN(C[C@@H]1CCCN2CCCC[C@@H]12)C(=O)CC[C@@H]1NC(=O)N(Cc2ccccc2)C1=O. The normalized spacial score (nSPS) is 24.8. The molecule has 3 saturated heterocycles. The van der Waals surface area contributed by atoms with Crippen molar-refractivity contribution in [3.05, 3.63) is 35.9 Å². The van der Waals surface area contributed by atoms with Crippen LogP contribution >= 0.6 is 0 Å². The molecule has 0 unspecified atom stereocenters. The van der Waals surface area contributed by atoms with Gasteiger partial charge in [-0.1, -0.05) is 36.8 Å². The van der Waals surface area contributed by atoms with Crippen LogP contribution in [-0.2, 0) is 20.9 Å². The lowest BCUT2D eigenvalue weighted by molar-refractivity contribution is -0.133. The van der Waals surface area contributed by atoms with Crippen molar-refractivity contribution >= 4 is 17.8 Å². The van der Waals surface area contributed by atoms with Gasteiger partial charge in [-0.25, -0.2) is 4.79 Å². The molecule has 3 atom stereocenters. The number of fused-ring (bicyclic) bond motifs is 1. The van der Waals surface area contributed by atoms with E-state index in [0.29, 0.717) is 31.5 Å². The van der Waals surface area contributed by atoms with Gasteiger partial charge in [-0.2, -0.15) is 0 Å². The van der Waals surface area contributed by atoms with Crippen molar-refractivity contribution in [1.82, 2.24) is 20.0 Å².